The van der Waals surface area contributed by atoms with Gasteiger partial charge >= 0.3 is 6.61 Å². The number of hydrogen-bond acceptors (Lipinski definition) is 3. The van der Waals surface area contributed by atoms with Crippen LogP contribution in [0, 0.1) is 5.92 Å². The van der Waals surface area contributed by atoms with E-state index >= 15 is 0 Å². The zero-order chi connectivity index (χ0) is 20.1. The molecule has 28 heavy (non-hydrogen) atoms. The Kier molecular flexibility index (Phi) is 6.61. The molecule has 2 aromatic carbocycles. The largest absolute Gasteiger partial charge is 0.435 e. The molecule has 1 saturated heterocycles. The van der Waals surface area contributed by atoms with Gasteiger partial charge in [-0.2, -0.15) is 8.78 Å². The minimum absolute atomic E-state index is 0.0898. The zero-order valence-corrected chi connectivity index (χ0v) is 16.5. The van der Waals surface area contributed by atoms with Crippen molar-refractivity contribution in [3.8, 4) is 5.75 Å². The van der Waals surface area contributed by atoms with E-state index in [-0.39, 0.29) is 17.6 Å². The van der Waals surface area contributed by atoms with Crippen LogP contribution in [0.25, 0.3) is 0 Å². The smallest absolute Gasteiger partial charge is 0.387 e. The van der Waals surface area contributed by atoms with E-state index in [9.17, 15) is 18.4 Å². The molecule has 1 fully saturated rings. The van der Waals surface area contributed by atoms with Crippen molar-refractivity contribution in [1.82, 2.24) is 5.32 Å². The lowest BCUT2D eigenvalue weighted by atomic mass is 10.1. The maximum absolute atomic E-state index is 12.6. The van der Waals surface area contributed by atoms with Gasteiger partial charge in [0.2, 0.25) is 11.8 Å². The standard InChI is InChI=1S/C20H19BrF2N2O3/c21-14-2-1-3-15(12-14)25-11-9-17(19(25)27)18(26)24-10-8-13-4-6-16(7-5-13)28-20(22)23/h1-7,12,17,20H,8-11H2,(H,24,26). The number of benzene rings is 2. The summed E-state index contributed by atoms with van der Waals surface area (Å²) < 4.78 is 29.5. The van der Waals surface area contributed by atoms with Crippen molar-refractivity contribution in [2.24, 2.45) is 5.92 Å². The maximum atomic E-state index is 12.6. The van der Waals surface area contributed by atoms with Crippen LogP contribution in [-0.2, 0) is 16.0 Å². The third kappa shape index (κ3) is 5.07. The summed E-state index contributed by atoms with van der Waals surface area (Å²) in [5.74, 6) is -1.10. The van der Waals surface area contributed by atoms with Crippen LogP contribution < -0.4 is 15.0 Å². The fraction of sp³-hybridized carbons (Fsp3) is 0.300. The van der Waals surface area contributed by atoms with Crippen molar-refractivity contribution in [3.05, 3.63) is 58.6 Å². The van der Waals surface area contributed by atoms with Crippen LogP contribution >= 0.6 is 15.9 Å². The molecule has 0 aromatic heterocycles. The SMILES string of the molecule is O=C(NCCc1ccc(OC(F)F)cc1)C1CCN(c2cccc(Br)c2)C1=O. The molecule has 2 aromatic rings. The first-order chi connectivity index (χ1) is 13.4. The number of nitrogens with zero attached hydrogens (tertiary/aromatic N) is 1. The molecule has 0 bridgehead atoms. The van der Waals surface area contributed by atoms with Crippen LogP contribution in [0.3, 0.4) is 0 Å². The van der Waals surface area contributed by atoms with E-state index in [2.05, 4.69) is 26.0 Å². The van der Waals surface area contributed by atoms with Crippen LogP contribution in [0.2, 0.25) is 0 Å². The fourth-order valence-corrected chi connectivity index (χ4v) is 3.50. The van der Waals surface area contributed by atoms with Gasteiger partial charge < -0.3 is 15.0 Å². The van der Waals surface area contributed by atoms with E-state index in [1.54, 1.807) is 17.0 Å². The monoisotopic (exact) mass is 452 g/mol. The Bertz CT molecular complexity index is 846. The lowest BCUT2D eigenvalue weighted by Crippen LogP contribution is -2.37. The third-order valence-corrected chi connectivity index (χ3v) is 5.00. The molecule has 0 radical (unpaired) electrons. The first-order valence-electron chi connectivity index (χ1n) is 8.82. The van der Waals surface area contributed by atoms with Gasteiger partial charge in [-0.25, -0.2) is 0 Å². The minimum atomic E-state index is -2.86. The molecule has 1 aliphatic rings. The van der Waals surface area contributed by atoms with E-state index in [0.717, 1.165) is 15.7 Å². The predicted octanol–water partition coefficient (Wildman–Crippen LogP) is 3.76. The number of ether oxygens (including phenoxy) is 1. The highest BCUT2D eigenvalue weighted by molar-refractivity contribution is 9.10. The van der Waals surface area contributed by atoms with E-state index in [1.807, 2.05) is 24.3 Å². The second-order valence-electron chi connectivity index (χ2n) is 6.37. The molecule has 1 N–H and O–H groups in total. The van der Waals surface area contributed by atoms with Crippen molar-refractivity contribution in [2.75, 3.05) is 18.0 Å². The fourth-order valence-electron chi connectivity index (χ4n) is 3.11. The molecule has 3 rings (SSSR count). The first-order valence-corrected chi connectivity index (χ1v) is 9.62. The molecular weight excluding hydrogens is 434 g/mol. The average molecular weight is 453 g/mol. The highest BCUT2D eigenvalue weighted by atomic mass is 79.9. The van der Waals surface area contributed by atoms with Crippen molar-refractivity contribution in [1.29, 1.82) is 0 Å². The van der Waals surface area contributed by atoms with Gasteiger partial charge in [0.1, 0.15) is 11.7 Å². The number of alkyl halides is 2. The second-order valence-corrected chi connectivity index (χ2v) is 7.29. The van der Waals surface area contributed by atoms with E-state index in [0.29, 0.717) is 25.9 Å². The van der Waals surface area contributed by atoms with E-state index < -0.39 is 12.5 Å². The molecule has 1 heterocycles. The number of nitrogens with one attached hydrogen (secondary N) is 1. The number of carbonyl (C=O) groups excluding carboxylic acids is 2. The number of anilines is 1. The number of halogens is 3. The molecule has 148 valence electrons. The molecule has 2 amide bonds. The van der Waals surface area contributed by atoms with Crippen LogP contribution in [0.15, 0.2) is 53.0 Å². The van der Waals surface area contributed by atoms with Crippen molar-refractivity contribution in [2.45, 2.75) is 19.5 Å². The summed E-state index contributed by atoms with van der Waals surface area (Å²) in [7, 11) is 0. The van der Waals surface area contributed by atoms with Gasteiger partial charge in [0.15, 0.2) is 0 Å². The summed E-state index contributed by atoms with van der Waals surface area (Å²) in [6, 6.07) is 13.7. The third-order valence-electron chi connectivity index (χ3n) is 4.50. The van der Waals surface area contributed by atoms with Gasteiger partial charge in [0, 0.05) is 23.2 Å². The molecule has 1 aliphatic heterocycles. The van der Waals surface area contributed by atoms with Gasteiger partial charge in [-0.05, 0) is 48.7 Å². The second kappa shape index (κ2) is 9.14. The van der Waals surface area contributed by atoms with Crippen molar-refractivity contribution in [3.63, 3.8) is 0 Å². The maximum Gasteiger partial charge on any atom is 0.387 e. The average Bonchev–Trinajstić information content (AvgIpc) is 3.04. The molecule has 8 heteroatoms. The normalized spacial score (nSPS) is 16.5. The highest BCUT2D eigenvalue weighted by Gasteiger charge is 2.37. The topological polar surface area (TPSA) is 58.6 Å². The zero-order valence-electron chi connectivity index (χ0n) is 14.9. The molecule has 0 saturated carbocycles. The number of hydrogen-bond donors (Lipinski definition) is 1. The summed E-state index contributed by atoms with van der Waals surface area (Å²) in [4.78, 5) is 26.6. The lowest BCUT2D eigenvalue weighted by Gasteiger charge is -2.17. The lowest BCUT2D eigenvalue weighted by molar-refractivity contribution is -0.132. The van der Waals surface area contributed by atoms with Gasteiger partial charge in [0.25, 0.3) is 0 Å². The quantitative estimate of drug-likeness (QED) is 0.650. The van der Waals surface area contributed by atoms with Crippen LogP contribution in [-0.4, -0.2) is 31.5 Å². The summed E-state index contributed by atoms with van der Waals surface area (Å²) in [5.41, 5.74) is 1.64. The Morgan fingerprint density at radius 3 is 2.68 bits per heavy atom. The van der Waals surface area contributed by atoms with Crippen molar-refractivity contribution < 1.29 is 23.1 Å². The van der Waals surface area contributed by atoms with E-state index in [4.69, 9.17) is 0 Å². The Morgan fingerprint density at radius 2 is 2.00 bits per heavy atom. The Hall–Kier alpha value is -2.48. The van der Waals surface area contributed by atoms with Crippen LogP contribution in [0.5, 0.6) is 5.75 Å². The summed E-state index contributed by atoms with van der Waals surface area (Å²) in [6.45, 7) is -2.00. The van der Waals surface area contributed by atoms with Crippen LogP contribution in [0.1, 0.15) is 12.0 Å². The van der Waals surface area contributed by atoms with Gasteiger partial charge in [-0.15, -0.1) is 0 Å². The highest BCUT2D eigenvalue weighted by Crippen LogP contribution is 2.27. The van der Waals surface area contributed by atoms with Gasteiger partial charge in [-0.1, -0.05) is 34.1 Å². The van der Waals surface area contributed by atoms with E-state index in [1.165, 1.54) is 12.1 Å². The predicted molar refractivity (Wildman–Crippen MR) is 104 cm³/mol. The molecule has 1 atom stereocenters. The number of carbonyl (C=O) groups is 2. The summed E-state index contributed by atoms with van der Waals surface area (Å²) in [6.07, 6.45) is 0.994. The Labute approximate surface area is 169 Å². The van der Waals surface area contributed by atoms with Gasteiger partial charge in [0.05, 0.1) is 0 Å². The Balaban J connectivity index is 1.49. The molecular formula is C20H19BrF2N2O3. The number of amides is 2. The summed E-state index contributed by atoms with van der Waals surface area (Å²) >= 11 is 3.38. The molecule has 5 nitrogen and oxygen atoms in total. The minimum Gasteiger partial charge on any atom is -0.435 e. The Morgan fingerprint density at radius 1 is 1.25 bits per heavy atom. The van der Waals surface area contributed by atoms with Crippen LogP contribution in [0.4, 0.5) is 14.5 Å². The summed E-state index contributed by atoms with van der Waals surface area (Å²) in [5, 5.41) is 2.79. The molecule has 0 spiro atoms. The molecule has 1 unspecified atom stereocenters. The van der Waals surface area contributed by atoms with Crippen molar-refractivity contribution >= 4 is 33.4 Å². The molecule has 0 aliphatic carbocycles. The number of rotatable bonds is 7. The van der Waals surface area contributed by atoms with Gasteiger partial charge in [-0.3, -0.25) is 9.59 Å². The first kappa shape index (κ1) is 20.3.